The Bertz CT molecular complexity index is 279. The van der Waals surface area contributed by atoms with Gasteiger partial charge in [-0.15, -0.1) is 6.42 Å². The van der Waals surface area contributed by atoms with Crippen molar-refractivity contribution in [3.63, 3.8) is 0 Å². The van der Waals surface area contributed by atoms with E-state index in [1.165, 1.54) is 0 Å². The molecule has 0 bridgehead atoms. The van der Waals surface area contributed by atoms with Gasteiger partial charge >= 0.3 is 0 Å². The van der Waals surface area contributed by atoms with E-state index in [-0.39, 0.29) is 11.9 Å². The molecule has 14 heavy (non-hydrogen) atoms. The van der Waals surface area contributed by atoms with Crippen molar-refractivity contribution in [3.8, 4) is 18.4 Å². The standard InChI is InChI=1S/C11H16N2O/c1-5-9(4)13-10(14)11(6-2,7-3)8-12/h1,9H,6-7H2,2-4H3,(H,13,14). The van der Waals surface area contributed by atoms with Gasteiger partial charge in [-0.25, -0.2) is 0 Å². The SMILES string of the molecule is C#CC(C)NC(=O)C(C#N)(CC)CC. The summed E-state index contributed by atoms with van der Waals surface area (Å²) in [5, 5.41) is 11.6. The van der Waals surface area contributed by atoms with Gasteiger partial charge in [0.05, 0.1) is 12.1 Å². The predicted molar refractivity (Wildman–Crippen MR) is 55.1 cm³/mol. The number of nitrogens with one attached hydrogen (secondary N) is 1. The van der Waals surface area contributed by atoms with Crippen LogP contribution < -0.4 is 5.32 Å². The fourth-order valence-electron chi connectivity index (χ4n) is 1.16. The van der Waals surface area contributed by atoms with E-state index in [4.69, 9.17) is 11.7 Å². The predicted octanol–water partition coefficient (Wildman–Crippen LogP) is 1.45. The van der Waals surface area contributed by atoms with Crippen LogP contribution in [-0.2, 0) is 4.79 Å². The van der Waals surface area contributed by atoms with Crippen LogP contribution in [0.25, 0.3) is 0 Å². The van der Waals surface area contributed by atoms with Crippen LogP contribution in [-0.4, -0.2) is 11.9 Å². The summed E-state index contributed by atoms with van der Waals surface area (Å²) in [6.07, 6.45) is 6.15. The minimum atomic E-state index is -0.925. The average Bonchev–Trinajstić information content (AvgIpc) is 2.21. The molecule has 1 N–H and O–H groups in total. The summed E-state index contributed by atoms with van der Waals surface area (Å²) in [6, 6.07) is 1.74. The first-order valence-electron chi connectivity index (χ1n) is 4.74. The zero-order valence-electron chi connectivity index (χ0n) is 8.92. The summed E-state index contributed by atoms with van der Waals surface area (Å²) >= 11 is 0. The largest absolute Gasteiger partial charge is 0.341 e. The quantitative estimate of drug-likeness (QED) is 0.685. The Morgan fingerprint density at radius 3 is 2.36 bits per heavy atom. The minimum absolute atomic E-state index is 0.268. The number of hydrogen-bond acceptors (Lipinski definition) is 2. The van der Waals surface area contributed by atoms with E-state index in [0.717, 1.165) is 0 Å². The van der Waals surface area contributed by atoms with Gasteiger partial charge in [0.1, 0.15) is 5.41 Å². The molecule has 0 aliphatic carbocycles. The lowest BCUT2D eigenvalue weighted by Gasteiger charge is -2.23. The third-order valence-corrected chi connectivity index (χ3v) is 2.45. The summed E-state index contributed by atoms with van der Waals surface area (Å²) in [7, 11) is 0. The molecule has 0 heterocycles. The van der Waals surface area contributed by atoms with Crippen LogP contribution in [0.1, 0.15) is 33.6 Å². The number of rotatable bonds is 4. The number of hydrogen-bond donors (Lipinski definition) is 1. The van der Waals surface area contributed by atoms with E-state index in [2.05, 4.69) is 17.3 Å². The average molecular weight is 192 g/mol. The van der Waals surface area contributed by atoms with Crippen molar-refractivity contribution >= 4 is 5.91 Å². The van der Waals surface area contributed by atoms with E-state index >= 15 is 0 Å². The van der Waals surface area contributed by atoms with Gasteiger partial charge in [-0.05, 0) is 19.8 Å². The highest BCUT2D eigenvalue weighted by atomic mass is 16.2. The maximum atomic E-state index is 11.7. The maximum Gasteiger partial charge on any atom is 0.241 e. The monoisotopic (exact) mass is 192 g/mol. The summed E-state index contributed by atoms with van der Waals surface area (Å²) in [5.74, 6) is 2.13. The molecule has 3 heteroatoms. The van der Waals surface area contributed by atoms with Gasteiger partial charge in [0.25, 0.3) is 0 Å². The van der Waals surface area contributed by atoms with Crippen molar-refractivity contribution < 1.29 is 4.79 Å². The van der Waals surface area contributed by atoms with Gasteiger partial charge in [-0.1, -0.05) is 19.8 Å². The molecule has 0 saturated carbocycles. The Balaban J connectivity index is 4.65. The fourth-order valence-corrected chi connectivity index (χ4v) is 1.16. The molecule has 1 unspecified atom stereocenters. The van der Waals surface area contributed by atoms with E-state index < -0.39 is 5.41 Å². The van der Waals surface area contributed by atoms with Crippen molar-refractivity contribution in [2.75, 3.05) is 0 Å². The molecule has 0 aromatic carbocycles. The lowest BCUT2D eigenvalue weighted by atomic mass is 9.83. The van der Waals surface area contributed by atoms with Gasteiger partial charge in [0, 0.05) is 0 Å². The lowest BCUT2D eigenvalue weighted by molar-refractivity contribution is -0.128. The number of nitriles is 1. The second kappa shape index (κ2) is 5.29. The molecule has 0 aromatic heterocycles. The van der Waals surface area contributed by atoms with Crippen molar-refractivity contribution in [2.24, 2.45) is 5.41 Å². The Labute approximate surface area is 85.5 Å². The van der Waals surface area contributed by atoms with Crippen molar-refractivity contribution in [1.82, 2.24) is 5.32 Å². The summed E-state index contributed by atoms with van der Waals surface area (Å²) in [4.78, 5) is 11.7. The maximum absolute atomic E-state index is 11.7. The number of amides is 1. The third-order valence-electron chi connectivity index (χ3n) is 2.45. The zero-order chi connectivity index (χ0) is 11.2. The van der Waals surface area contributed by atoms with Crippen LogP contribution in [0.2, 0.25) is 0 Å². The molecule has 0 aromatic rings. The first kappa shape index (κ1) is 12.5. The fraction of sp³-hybridized carbons (Fsp3) is 0.636. The van der Waals surface area contributed by atoms with Crippen LogP contribution in [0.4, 0.5) is 0 Å². The van der Waals surface area contributed by atoms with E-state index in [0.29, 0.717) is 12.8 Å². The van der Waals surface area contributed by atoms with E-state index in [1.807, 2.05) is 13.8 Å². The van der Waals surface area contributed by atoms with Crippen LogP contribution in [0.3, 0.4) is 0 Å². The second-order valence-corrected chi connectivity index (χ2v) is 3.26. The van der Waals surface area contributed by atoms with Crippen molar-refractivity contribution in [2.45, 2.75) is 39.7 Å². The van der Waals surface area contributed by atoms with E-state index in [9.17, 15) is 4.79 Å². The Morgan fingerprint density at radius 1 is 1.57 bits per heavy atom. The summed E-state index contributed by atoms with van der Waals surface area (Å²) in [6.45, 7) is 5.37. The lowest BCUT2D eigenvalue weighted by Crippen LogP contribution is -2.43. The molecule has 0 rings (SSSR count). The molecule has 0 fully saturated rings. The number of terminal acetylenes is 1. The minimum Gasteiger partial charge on any atom is -0.341 e. The highest BCUT2D eigenvalue weighted by molar-refractivity contribution is 5.85. The smallest absolute Gasteiger partial charge is 0.241 e. The first-order chi connectivity index (χ1) is 6.56. The molecule has 1 amide bonds. The third kappa shape index (κ3) is 2.50. The molecule has 0 spiro atoms. The number of carbonyl (C=O) groups is 1. The van der Waals surface area contributed by atoms with Crippen LogP contribution >= 0.6 is 0 Å². The molecular formula is C11H16N2O. The van der Waals surface area contributed by atoms with Gasteiger partial charge in [0.2, 0.25) is 5.91 Å². The molecule has 1 atom stereocenters. The summed E-state index contributed by atoms with van der Waals surface area (Å²) in [5.41, 5.74) is -0.925. The first-order valence-corrected chi connectivity index (χ1v) is 4.74. The molecule has 76 valence electrons. The highest BCUT2D eigenvalue weighted by Crippen LogP contribution is 2.25. The van der Waals surface area contributed by atoms with Crippen LogP contribution in [0.15, 0.2) is 0 Å². The Morgan fingerprint density at radius 2 is 2.07 bits per heavy atom. The molecule has 0 aliphatic rings. The number of carbonyl (C=O) groups excluding carboxylic acids is 1. The second-order valence-electron chi connectivity index (χ2n) is 3.26. The summed E-state index contributed by atoms with van der Waals surface area (Å²) < 4.78 is 0. The van der Waals surface area contributed by atoms with Gasteiger partial charge < -0.3 is 5.32 Å². The highest BCUT2D eigenvalue weighted by Gasteiger charge is 2.35. The van der Waals surface area contributed by atoms with Gasteiger partial charge in [-0.3, -0.25) is 4.79 Å². The van der Waals surface area contributed by atoms with E-state index in [1.54, 1.807) is 6.92 Å². The van der Waals surface area contributed by atoms with Crippen molar-refractivity contribution in [1.29, 1.82) is 5.26 Å². The van der Waals surface area contributed by atoms with Crippen molar-refractivity contribution in [3.05, 3.63) is 0 Å². The van der Waals surface area contributed by atoms with Gasteiger partial charge in [0.15, 0.2) is 0 Å². The normalized spacial score (nSPS) is 12.4. The molecular weight excluding hydrogens is 176 g/mol. The van der Waals surface area contributed by atoms with Gasteiger partial charge in [-0.2, -0.15) is 5.26 Å². The van der Waals surface area contributed by atoms with Crippen LogP contribution in [0, 0.1) is 29.1 Å². The zero-order valence-corrected chi connectivity index (χ0v) is 8.92. The number of nitrogens with zero attached hydrogens (tertiary/aromatic N) is 1. The van der Waals surface area contributed by atoms with Crippen LogP contribution in [0.5, 0.6) is 0 Å². The molecule has 0 saturated heterocycles. The topological polar surface area (TPSA) is 52.9 Å². The molecule has 0 aliphatic heterocycles. The Hall–Kier alpha value is -1.48. The Kier molecular flexibility index (Phi) is 4.73. The molecule has 0 radical (unpaired) electrons. The molecule has 3 nitrogen and oxygen atoms in total.